The van der Waals surface area contributed by atoms with Crippen LogP contribution in [0.15, 0.2) is 16.5 Å². The average Bonchev–Trinajstić information content (AvgIpc) is 2.74. The summed E-state index contributed by atoms with van der Waals surface area (Å²) in [6.07, 6.45) is 4.58. The molecule has 0 radical (unpaired) electrons. The average molecular weight is 255 g/mol. The molecule has 0 aliphatic carbocycles. The summed E-state index contributed by atoms with van der Waals surface area (Å²) in [4.78, 5) is 0. The Hall–Kier alpha value is -0.410. The molecule has 0 fully saturated rings. The molecule has 98 valence electrons. The van der Waals surface area contributed by atoms with Crippen molar-refractivity contribution in [1.29, 1.82) is 0 Å². The van der Waals surface area contributed by atoms with Gasteiger partial charge in [0.25, 0.3) is 0 Å². The second kappa shape index (κ2) is 7.83. The van der Waals surface area contributed by atoms with E-state index in [0.717, 1.165) is 29.7 Å². The fourth-order valence-electron chi connectivity index (χ4n) is 1.87. The number of nitrogens with one attached hydrogen (secondary N) is 1. The van der Waals surface area contributed by atoms with Crippen LogP contribution in [0.3, 0.4) is 0 Å². The molecule has 2 nitrogen and oxygen atoms in total. The van der Waals surface area contributed by atoms with E-state index in [2.05, 4.69) is 44.5 Å². The van der Waals surface area contributed by atoms with Crippen LogP contribution >= 0.6 is 11.8 Å². The molecule has 0 amide bonds. The Morgan fingerprint density at radius 3 is 2.65 bits per heavy atom. The largest absolute Gasteiger partial charge is 0.464 e. The van der Waals surface area contributed by atoms with Crippen molar-refractivity contribution in [3.8, 4) is 0 Å². The molecule has 17 heavy (non-hydrogen) atoms. The maximum atomic E-state index is 5.72. The fraction of sp³-hybridized carbons (Fsp3) is 0.714. The Morgan fingerprint density at radius 2 is 2.00 bits per heavy atom. The van der Waals surface area contributed by atoms with Crippen LogP contribution in [0.4, 0.5) is 0 Å². The zero-order chi connectivity index (χ0) is 12.7. The monoisotopic (exact) mass is 255 g/mol. The fourth-order valence-corrected chi connectivity index (χ4v) is 2.31. The first-order chi connectivity index (χ1) is 8.15. The maximum Gasteiger partial charge on any atom is 0.118 e. The van der Waals surface area contributed by atoms with E-state index in [1.807, 2.05) is 0 Å². The van der Waals surface area contributed by atoms with E-state index in [-0.39, 0.29) is 0 Å². The van der Waals surface area contributed by atoms with Gasteiger partial charge in [0.2, 0.25) is 0 Å². The van der Waals surface area contributed by atoms with E-state index in [4.69, 9.17) is 4.42 Å². The number of furan rings is 1. The van der Waals surface area contributed by atoms with E-state index in [9.17, 15) is 0 Å². The number of thioether (sulfide) groups is 1. The summed E-state index contributed by atoms with van der Waals surface area (Å²) in [6.45, 7) is 7.64. The molecule has 0 saturated heterocycles. The molecule has 1 aromatic rings. The molecule has 0 aromatic carbocycles. The third kappa shape index (κ3) is 5.64. The molecule has 1 heterocycles. The summed E-state index contributed by atoms with van der Waals surface area (Å²) in [5, 5.41) is 3.52. The van der Waals surface area contributed by atoms with Crippen LogP contribution in [0, 0.1) is 5.92 Å². The Bertz CT molecular complexity index is 311. The highest BCUT2D eigenvalue weighted by atomic mass is 32.2. The third-order valence-corrected chi connectivity index (χ3v) is 3.65. The van der Waals surface area contributed by atoms with Gasteiger partial charge in [0.15, 0.2) is 0 Å². The van der Waals surface area contributed by atoms with Gasteiger partial charge in [-0.15, -0.1) is 0 Å². The lowest BCUT2D eigenvalue weighted by atomic mass is 10.0. The van der Waals surface area contributed by atoms with Crippen LogP contribution in [0.25, 0.3) is 0 Å². The Balaban J connectivity index is 2.29. The van der Waals surface area contributed by atoms with Crippen molar-refractivity contribution in [2.45, 2.75) is 52.0 Å². The van der Waals surface area contributed by atoms with Crippen molar-refractivity contribution < 1.29 is 4.42 Å². The van der Waals surface area contributed by atoms with E-state index < -0.39 is 0 Å². The molecular formula is C14H25NOS. The molecule has 2 atom stereocenters. The standard InChI is InChI=1S/C14H25NOS/c1-5-11(2)8-12(3)15-9-13-6-7-14(16-13)10-17-4/h6-7,11-12,15H,5,8-10H2,1-4H3. The molecule has 0 spiro atoms. The van der Waals surface area contributed by atoms with Gasteiger partial charge in [-0.2, -0.15) is 11.8 Å². The summed E-state index contributed by atoms with van der Waals surface area (Å²) in [5.74, 6) is 3.87. The summed E-state index contributed by atoms with van der Waals surface area (Å²) >= 11 is 1.79. The smallest absolute Gasteiger partial charge is 0.118 e. The predicted octanol–water partition coefficient (Wildman–Crippen LogP) is 4.06. The summed E-state index contributed by atoms with van der Waals surface area (Å²) in [5.41, 5.74) is 0. The zero-order valence-electron chi connectivity index (χ0n) is 11.5. The lowest BCUT2D eigenvalue weighted by molar-refractivity contribution is 0.387. The second-order valence-corrected chi connectivity index (χ2v) is 5.70. The Labute approximate surface area is 110 Å². The van der Waals surface area contributed by atoms with E-state index in [0.29, 0.717) is 6.04 Å². The van der Waals surface area contributed by atoms with Gasteiger partial charge in [0, 0.05) is 6.04 Å². The quantitative estimate of drug-likeness (QED) is 0.758. The normalized spacial score (nSPS) is 14.8. The van der Waals surface area contributed by atoms with Crippen molar-refractivity contribution in [2.75, 3.05) is 6.26 Å². The van der Waals surface area contributed by atoms with E-state index in [1.54, 1.807) is 11.8 Å². The highest BCUT2D eigenvalue weighted by Crippen LogP contribution is 2.14. The first-order valence-electron chi connectivity index (χ1n) is 6.45. The Morgan fingerprint density at radius 1 is 1.29 bits per heavy atom. The predicted molar refractivity (Wildman–Crippen MR) is 76.3 cm³/mol. The van der Waals surface area contributed by atoms with E-state index in [1.165, 1.54) is 12.8 Å². The first kappa shape index (κ1) is 14.7. The molecular weight excluding hydrogens is 230 g/mol. The van der Waals surface area contributed by atoms with E-state index >= 15 is 0 Å². The molecule has 0 aliphatic heterocycles. The van der Waals surface area contributed by atoms with Crippen molar-refractivity contribution >= 4 is 11.8 Å². The Kier molecular flexibility index (Phi) is 6.75. The van der Waals surface area contributed by atoms with Crippen LogP contribution in [-0.4, -0.2) is 12.3 Å². The number of rotatable bonds is 8. The number of hydrogen-bond acceptors (Lipinski definition) is 3. The highest BCUT2D eigenvalue weighted by molar-refractivity contribution is 7.97. The second-order valence-electron chi connectivity index (χ2n) is 4.83. The molecule has 2 unspecified atom stereocenters. The summed E-state index contributed by atoms with van der Waals surface area (Å²) in [7, 11) is 0. The van der Waals surface area contributed by atoms with Crippen LogP contribution < -0.4 is 5.32 Å². The highest BCUT2D eigenvalue weighted by Gasteiger charge is 2.08. The van der Waals surface area contributed by atoms with Gasteiger partial charge in [0.05, 0.1) is 12.3 Å². The molecule has 1 rings (SSSR count). The maximum absolute atomic E-state index is 5.72. The van der Waals surface area contributed by atoms with Crippen LogP contribution in [-0.2, 0) is 12.3 Å². The summed E-state index contributed by atoms with van der Waals surface area (Å²) in [6, 6.07) is 4.71. The minimum Gasteiger partial charge on any atom is -0.464 e. The molecule has 0 bridgehead atoms. The van der Waals surface area contributed by atoms with Gasteiger partial charge in [0.1, 0.15) is 11.5 Å². The lowest BCUT2D eigenvalue weighted by Gasteiger charge is -2.16. The minimum atomic E-state index is 0.555. The van der Waals surface area contributed by atoms with Crippen LogP contribution in [0.1, 0.15) is 45.1 Å². The third-order valence-electron chi connectivity index (χ3n) is 3.08. The van der Waals surface area contributed by atoms with Gasteiger partial charge in [-0.05, 0) is 37.7 Å². The SMILES string of the molecule is CCC(C)CC(C)NCc1ccc(CSC)o1. The van der Waals surface area contributed by atoms with Crippen LogP contribution in [0.2, 0.25) is 0 Å². The molecule has 3 heteroatoms. The van der Waals surface area contributed by atoms with Crippen molar-refractivity contribution in [1.82, 2.24) is 5.32 Å². The summed E-state index contributed by atoms with van der Waals surface area (Å²) < 4.78 is 5.72. The van der Waals surface area contributed by atoms with Gasteiger partial charge in [-0.25, -0.2) is 0 Å². The molecule has 1 aromatic heterocycles. The van der Waals surface area contributed by atoms with Crippen LogP contribution in [0.5, 0.6) is 0 Å². The van der Waals surface area contributed by atoms with Gasteiger partial charge in [-0.3, -0.25) is 0 Å². The van der Waals surface area contributed by atoms with Gasteiger partial charge < -0.3 is 9.73 Å². The topological polar surface area (TPSA) is 25.2 Å². The van der Waals surface area contributed by atoms with Crippen molar-refractivity contribution in [2.24, 2.45) is 5.92 Å². The van der Waals surface area contributed by atoms with Crippen molar-refractivity contribution in [3.05, 3.63) is 23.7 Å². The lowest BCUT2D eigenvalue weighted by Crippen LogP contribution is -2.27. The number of hydrogen-bond donors (Lipinski definition) is 1. The molecule has 1 N–H and O–H groups in total. The van der Waals surface area contributed by atoms with Crippen molar-refractivity contribution in [3.63, 3.8) is 0 Å². The minimum absolute atomic E-state index is 0.555. The van der Waals surface area contributed by atoms with Gasteiger partial charge in [-0.1, -0.05) is 20.3 Å². The zero-order valence-corrected chi connectivity index (χ0v) is 12.3. The molecule has 0 saturated carbocycles. The van der Waals surface area contributed by atoms with Gasteiger partial charge >= 0.3 is 0 Å². The first-order valence-corrected chi connectivity index (χ1v) is 7.85. The molecule has 0 aliphatic rings.